The molecular formula is C13H21NO4. The first-order chi connectivity index (χ1) is 8.60. The van der Waals surface area contributed by atoms with Gasteiger partial charge in [0.25, 0.3) is 0 Å². The molecule has 5 nitrogen and oxygen atoms in total. The molecular weight excluding hydrogens is 234 g/mol. The van der Waals surface area contributed by atoms with Crippen LogP contribution in [0.5, 0.6) is 0 Å². The number of aliphatic carboxylic acids is 1. The Hall–Kier alpha value is -1.10. The van der Waals surface area contributed by atoms with Crippen LogP contribution in [0.4, 0.5) is 0 Å². The Kier molecular flexibility index (Phi) is 4.22. The van der Waals surface area contributed by atoms with Gasteiger partial charge in [0.15, 0.2) is 0 Å². The molecule has 2 rings (SSSR count). The molecule has 0 radical (unpaired) electrons. The van der Waals surface area contributed by atoms with Crippen LogP contribution < -0.4 is 5.32 Å². The topological polar surface area (TPSA) is 75.6 Å². The number of hydrogen-bond acceptors (Lipinski definition) is 3. The number of carbonyl (C=O) groups is 2. The lowest BCUT2D eigenvalue weighted by Crippen LogP contribution is -2.49. The first kappa shape index (κ1) is 13.3. The molecule has 2 unspecified atom stereocenters. The molecule has 0 aromatic rings. The van der Waals surface area contributed by atoms with E-state index in [4.69, 9.17) is 9.84 Å². The Morgan fingerprint density at radius 3 is 2.44 bits per heavy atom. The van der Waals surface area contributed by atoms with E-state index in [1.165, 1.54) is 0 Å². The van der Waals surface area contributed by atoms with Crippen molar-refractivity contribution < 1.29 is 19.4 Å². The SMILES string of the molecule is CCOC1CC(NC(=O)C2CCC(C(=O)O)C2)C1. The summed E-state index contributed by atoms with van der Waals surface area (Å²) in [5.41, 5.74) is 0. The zero-order chi connectivity index (χ0) is 13.1. The Bertz CT molecular complexity index is 325. The summed E-state index contributed by atoms with van der Waals surface area (Å²) in [6.07, 6.45) is 3.87. The van der Waals surface area contributed by atoms with Crippen LogP contribution in [0, 0.1) is 11.8 Å². The molecule has 102 valence electrons. The van der Waals surface area contributed by atoms with Crippen molar-refractivity contribution in [3.8, 4) is 0 Å². The van der Waals surface area contributed by atoms with Gasteiger partial charge in [-0.2, -0.15) is 0 Å². The van der Waals surface area contributed by atoms with E-state index in [2.05, 4.69) is 5.32 Å². The van der Waals surface area contributed by atoms with Crippen LogP contribution >= 0.6 is 0 Å². The average Bonchev–Trinajstić information content (AvgIpc) is 2.75. The lowest BCUT2D eigenvalue weighted by molar-refractivity contribution is -0.141. The number of nitrogens with one attached hydrogen (secondary N) is 1. The number of rotatable bonds is 5. The van der Waals surface area contributed by atoms with Crippen LogP contribution in [-0.2, 0) is 14.3 Å². The van der Waals surface area contributed by atoms with E-state index in [0.717, 1.165) is 12.8 Å². The highest BCUT2D eigenvalue weighted by molar-refractivity contribution is 5.81. The van der Waals surface area contributed by atoms with Crippen molar-refractivity contribution in [3.05, 3.63) is 0 Å². The fourth-order valence-electron chi connectivity index (χ4n) is 2.82. The fraction of sp³-hybridized carbons (Fsp3) is 0.846. The summed E-state index contributed by atoms with van der Waals surface area (Å²) in [5.74, 6) is -1.19. The van der Waals surface area contributed by atoms with E-state index >= 15 is 0 Å². The van der Waals surface area contributed by atoms with Gasteiger partial charge in [-0.25, -0.2) is 0 Å². The van der Waals surface area contributed by atoms with Gasteiger partial charge < -0.3 is 15.2 Å². The minimum atomic E-state index is -0.773. The predicted molar refractivity (Wildman–Crippen MR) is 65.0 cm³/mol. The Labute approximate surface area is 107 Å². The van der Waals surface area contributed by atoms with Gasteiger partial charge in [0.2, 0.25) is 5.91 Å². The van der Waals surface area contributed by atoms with Gasteiger partial charge in [-0.1, -0.05) is 0 Å². The van der Waals surface area contributed by atoms with Gasteiger partial charge >= 0.3 is 5.97 Å². The highest BCUT2D eigenvalue weighted by atomic mass is 16.5. The number of carbonyl (C=O) groups excluding carboxylic acids is 1. The number of carboxylic acids is 1. The van der Waals surface area contributed by atoms with E-state index in [1.807, 2.05) is 6.92 Å². The molecule has 0 heterocycles. The summed E-state index contributed by atoms with van der Waals surface area (Å²) < 4.78 is 5.43. The largest absolute Gasteiger partial charge is 0.481 e. The molecule has 0 bridgehead atoms. The van der Waals surface area contributed by atoms with Gasteiger partial charge in [-0.3, -0.25) is 9.59 Å². The van der Waals surface area contributed by atoms with E-state index in [1.54, 1.807) is 0 Å². The van der Waals surface area contributed by atoms with Crippen LogP contribution in [0.1, 0.15) is 39.0 Å². The summed E-state index contributed by atoms with van der Waals surface area (Å²) >= 11 is 0. The van der Waals surface area contributed by atoms with Crippen molar-refractivity contribution in [3.63, 3.8) is 0 Å². The van der Waals surface area contributed by atoms with Crippen molar-refractivity contribution in [2.24, 2.45) is 11.8 Å². The first-order valence-electron chi connectivity index (χ1n) is 6.75. The molecule has 0 aromatic carbocycles. The maximum atomic E-state index is 11.9. The van der Waals surface area contributed by atoms with Crippen molar-refractivity contribution in [1.29, 1.82) is 0 Å². The van der Waals surface area contributed by atoms with Crippen LogP contribution in [-0.4, -0.2) is 35.7 Å². The Balaban J connectivity index is 1.69. The van der Waals surface area contributed by atoms with Crippen molar-refractivity contribution >= 4 is 11.9 Å². The summed E-state index contributed by atoms with van der Waals surface area (Å²) in [7, 11) is 0. The standard InChI is InChI=1S/C13H21NO4/c1-2-18-11-6-10(7-11)14-12(15)8-3-4-9(5-8)13(16)17/h8-11H,2-7H2,1H3,(H,14,15)(H,16,17). The number of carboxylic acid groups (broad SMARTS) is 1. The van der Waals surface area contributed by atoms with Crippen LogP contribution in [0.15, 0.2) is 0 Å². The minimum Gasteiger partial charge on any atom is -0.481 e. The molecule has 0 saturated heterocycles. The fourth-order valence-corrected chi connectivity index (χ4v) is 2.82. The molecule has 0 spiro atoms. The zero-order valence-corrected chi connectivity index (χ0v) is 10.7. The number of ether oxygens (including phenoxy) is 1. The quantitative estimate of drug-likeness (QED) is 0.773. The third-order valence-corrected chi connectivity index (χ3v) is 4.00. The van der Waals surface area contributed by atoms with Gasteiger partial charge in [0.1, 0.15) is 0 Å². The van der Waals surface area contributed by atoms with Crippen molar-refractivity contribution in [2.45, 2.75) is 51.2 Å². The third kappa shape index (κ3) is 3.02. The second-order valence-corrected chi connectivity index (χ2v) is 5.30. The van der Waals surface area contributed by atoms with Gasteiger partial charge in [-0.05, 0) is 39.0 Å². The summed E-state index contributed by atoms with van der Waals surface area (Å²) in [4.78, 5) is 22.8. The maximum Gasteiger partial charge on any atom is 0.306 e. The lowest BCUT2D eigenvalue weighted by Gasteiger charge is -2.35. The monoisotopic (exact) mass is 255 g/mol. The molecule has 2 fully saturated rings. The molecule has 0 aliphatic heterocycles. The van der Waals surface area contributed by atoms with Crippen molar-refractivity contribution in [1.82, 2.24) is 5.32 Å². The maximum absolute atomic E-state index is 11.9. The molecule has 2 N–H and O–H groups in total. The molecule has 1 amide bonds. The summed E-state index contributed by atoms with van der Waals surface area (Å²) in [6, 6.07) is 0.220. The van der Waals surface area contributed by atoms with Gasteiger partial charge in [0, 0.05) is 18.6 Å². The number of amides is 1. The molecule has 0 aromatic heterocycles. The molecule has 2 atom stereocenters. The number of hydrogen-bond donors (Lipinski definition) is 2. The van der Waals surface area contributed by atoms with E-state index < -0.39 is 5.97 Å². The Morgan fingerprint density at radius 1 is 1.22 bits per heavy atom. The van der Waals surface area contributed by atoms with Crippen molar-refractivity contribution in [2.75, 3.05) is 6.61 Å². The van der Waals surface area contributed by atoms with Crippen LogP contribution in [0.2, 0.25) is 0 Å². The van der Waals surface area contributed by atoms with Gasteiger partial charge in [0.05, 0.1) is 12.0 Å². The molecule has 5 heteroatoms. The second-order valence-electron chi connectivity index (χ2n) is 5.30. The Morgan fingerprint density at radius 2 is 1.89 bits per heavy atom. The smallest absolute Gasteiger partial charge is 0.306 e. The average molecular weight is 255 g/mol. The van der Waals surface area contributed by atoms with Crippen LogP contribution in [0.3, 0.4) is 0 Å². The van der Waals surface area contributed by atoms with E-state index in [9.17, 15) is 9.59 Å². The highest BCUT2D eigenvalue weighted by Gasteiger charge is 2.37. The normalized spacial score (nSPS) is 34.9. The summed E-state index contributed by atoms with van der Waals surface area (Å²) in [6.45, 7) is 2.69. The van der Waals surface area contributed by atoms with Gasteiger partial charge in [-0.15, -0.1) is 0 Å². The highest BCUT2D eigenvalue weighted by Crippen LogP contribution is 2.32. The molecule has 2 aliphatic rings. The molecule has 2 aliphatic carbocycles. The zero-order valence-electron chi connectivity index (χ0n) is 10.7. The lowest BCUT2D eigenvalue weighted by atomic mass is 9.88. The molecule has 2 saturated carbocycles. The predicted octanol–water partition coefficient (Wildman–Crippen LogP) is 1.17. The second kappa shape index (κ2) is 5.69. The van der Waals surface area contributed by atoms with E-state index in [0.29, 0.717) is 25.9 Å². The summed E-state index contributed by atoms with van der Waals surface area (Å²) in [5, 5.41) is 11.9. The van der Waals surface area contributed by atoms with Crippen LogP contribution in [0.25, 0.3) is 0 Å². The first-order valence-corrected chi connectivity index (χ1v) is 6.75. The minimum absolute atomic E-state index is 0.0266. The molecule has 18 heavy (non-hydrogen) atoms. The van der Waals surface area contributed by atoms with E-state index in [-0.39, 0.29) is 29.9 Å². The third-order valence-electron chi connectivity index (χ3n) is 4.00.